The number of carbonyl (C=O) groups is 1. The maximum absolute atomic E-state index is 12.8. The van der Waals surface area contributed by atoms with Gasteiger partial charge in [0.05, 0.1) is 0 Å². The first-order valence-electron chi connectivity index (χ1n) is 7.02. The predicted octanol–water partition coefficient (Wildman–Crippen LogP) is -0.110. The van der Waals surface area contributed by atoms with E-state index >= 15 is 0 Å². The molecule has 3 rings (SSSR count). The van der Waals surface area contributed by atoms with Crippen LogP contribution in [0.3, 0.4) is 0 Å². The van der Waals surface area contributed by atoms with Crippen molar-refractivity contribution in [1.29, 1.82) is 0 Å². The van der Waals surface area contributed by atoms with E-state index in [-0.39, 0.29) is 25.8 Å². The summed E-state index contributed by atoms with van der Waals surface area (Å²) in [6.45, 7) is -0.615. The summed E-state index contributed by atoms with van der Waals surface area (Å²) >= 11 is 11.5. The third kappa shape index (κ3) is 3.81. The van der Waals surface area contributed by atoms with Gasteiger partial charge in [-0.1, -0.05) is 23.2 Å². The number of nitrogens with one attached hydrogen (secondary N) is 2. The summed E-state index contributed by atoms with van der Waals surface area (Å²) in [5, 5.41) is 2.97. The van der Waals surface area contributed by atoms with E-state index < -0.39 is 39.5 Å². The molecular weight excluding hydrogens is 436 g/mol. The molecule has 1 aromatic rings. The lowest BCUT2D eigenvalue weighted by Gasteiger charge is -2.28. The van der Waals surface area contributed by atoms with Gasteiger partial charge in [0.25, 0.3) is 21.8 Å². The van der Waals surface area contributed by atoms with Crippen molar-refractivity contribution in [3.05, 3.63) is 34.5 Å². The van der Waals surface area contributed by atoms with Gasteiger partial charge in [0.15, 0.2) is 17.5 Å². The van der Waals surface area contributed by atoms with Crippen LogP contribution in [0.25, 0.3) is 0 Å². The molecule has 0 saturated carbocycles. The van der Waals surface area contributed by atoms with Crippen molar-refractivity contribution in [1.82, 2.24) is 19.4 Å². The number of fused-ring (bicyclic) bond motifs is 1. The number of quaternary nitrogens is 1. The molecule has 1 atom stereocenters. The zero-order valence-electron chi connectivity index (χ0n) is 13.3. The molecule has 2 N–H and O–H groups in total. The smallest absolute Gasteiger partial charge is 0.273 e. The zero-order chi connectivity index (χ0) is 20.1. The van der Waals surface area contributed by atoms with Gasteiger partial charge in [-0.25, -0.2) is 22.9 Å². The maximum atomic E-state index is 12.8. The van der Waals surface area contributed by atoms with Gasteiger partial charge in [-0.3, -0.25) is 9.48 Å². The molecule has 1 unspecified atom stereocenters. The number of rotatable bonds is 3. The summed E-state index contributed by atoms with van der Waals surface area (Å²) in [5.41, 5.74) is -0.404. The molecule has 27 heavy (non-hydrogen) atoms. The number of hydrogen-bond donors (Lipinski definition) is 2. The minimum absolute atomic E-state index is 0.0210. The fraction of sp³-hybridized carbons (Fsp3) is 0.250. The van der Waals surface area contributed by atoms with E-state index in [9.17, 15) is 26.4 Å². The van der Waals surface area contributed by atoms with Gasteiger partial charge in [-0.2, -0.15) is 10.1 Å². The van der Waals surface area contributed by atoms with Crippen LogP contribution in [0.4, 0.5) is 13.2 Å². The predicted molar refractivity (Wildman–Crippen MR) is 86.7 cm³/mol. The average Bonchev–Trinajstić information content (AvgIpc) is 3.09. The van der Waals surface area contributed by atoms with Gasteiger partial charge in [0.2, 0.25) is 0 Å². The molecule has 0 bridgehead atoms. The molecule has 9 nitrogen and oxygen atoms in total. The van der Waals surface area contributed by atoms with E-state index in [1.807, 2.05) is 0 Å². The molecule has 2 aliphatic heterocycles. The molecule has 0 spiro atoms. The fourth-order valence-corrected chi connectivity index (χ4v) is 4.11. The highest BCUT2D eigenvalue weighted by Gasteiger charge is 2.44. The van der Waals surface area contributed by atoms with Crippen LogP contribution in [0.5, 0.6) is 0 Å². The van der Waals surface area contributed by atoms with Crippen LogP contribution in [0, 0.1) is 0 Å². The Hall–Kier alpha value is -2.09. The number of aliphatic imine (C=N–C) groups is 1. The molecule has 0 fully saturated rings. The SMILES string of the molecule is Cn1cc(S(=O)(=O)NC(=O)C2=C[NH+]3CN(C(F)(F)F)C=C(Cl)C3=N2)c(Cl)n1. The zero-order valence-corrected chi connectivity index (χ0v) is 15.6. The first-order chi connectivity index (χ1) is 12.4. The van der Waals surface area contributed by atoms with E-state index in [4.69, 9.17) is 23.2 Å². The largest absolute Gasteiger partial charge is 0.488 e. The highest BCUT2D eigenvalue weighted by atomic mass is 35.5. The molecule has 2 aliphatic rings. The third-order valence-electron chi connectivity index (χ3n) is 3.51. The molecule has 146 valence electrons. The van der Waals surface area contributed by atoms with Crippen molar-refractivity contribution >= 4 is 45.0 Å². The average molecular weight is 446 g/mol. The summed E-state index contributed by atoms with van der Waals surface area (Å²) < 4.78 is 65.9. The number of halogens is 5. The summed E-state index contributed by atoms with van der Waals surface area (Å²) in [7, 11) is -2.93. The van der Waals surface area contributed by atoms with Crippen LogP contribution in [-0.4, -0.2) is 47.8 Å². The van der Waals surface area contributed by atoms with Gasteiger partial charge in [0.1, 0.15) is 16.1 Å². The number of carbonyl (C=O) groups excluding carboxylic acids is 1. The van der Waals surface area contributed by atoms with Gasteiger partial charge in [0, 0.05) is 19.4 Å². The second-order valence-electron chi connectivity index (χ2n) is 5.48. The van der Waals surface area contributed by atoms with Crippen LogP contribution in [0.1, 0.15) is 0 Å². The summed E-state index contributed by atoms with van der Waals surface area (Å²) in [6, 6.07) is 0. The van der Waals surface area contributed by atoms with E-state index in [1.54, 1.807) is 4.72 Å². The first kappa shape index (κ1) is 19.7. The Kier molecular flexibility index (Phi) is 4.74. The summed E-state index contributed by atoms with van der Waals surface area (Å²) in [6.07, 6.45) is -1.90. The number of hydrogen-bond acceptors (Lipinski definition) is 6. The minimum atomic E-state index is -4.67. The minimum Gasteiger partial charge on any atom is -0.273 e. The Labute approximate surface area is 160 Å². The standard InChI is InChI=1S/C12H9Cl2F3N6O3S/c1-21-4-8(9(14)19-21)27(25,26)20-11(24)7-3-22-5-23(12(15,16)17)2-6(13)10(22)18-7/h2-4H,5H2,1H3,(H,20,24)/p+1. The number of nitrogens with zero attached hydrogens (tertiary/aromatic N) is 4. The van der Waals surface area contributed by atoms with Crippen LogP contribution in [0.2, 0.25) is 5.15 Å². The van der Waals surface area contributed by atoms with Crippen molar-refractivity contribution < 1.29 is 31.3 Å². The molecule has 1 aromatic heterocycles. The number of aryl methyl sites for hydroxylation is 1. The van der Waals surface area contributed by atoms with Crippen molar-refractivity contribution in [2.24, 2.45) is 12.0 Å². The lowest BCUT2D eigenvalue weighted by molar-refractivity contribution is -0.763. The third-order valence-corrected chi connectivity index (χ3v) is 5.51. The van der Waals surface area contributed by atoms with Crippen LogP contribution < -0.4 is 9.62 Å². The molecule has 1 amide bonds. The number of aromatic nitrogens is 2. The summed E-state index contributed by atoms with van der Waals surface area (Å²) in [4.78, 5) is 15.7. The number of alkyl halides is 3. The number of amidine groups is 1. The Bertz CT molecular complexity index is 1010. The van der Waals surface area contributed by atoms with E-state index in [0.29, 0.717) is 6.20 Å². The van der Waals surface area contributed by atoms with Crippen molar-refractivity contribution in [3.63, 3.8) is 0 Å². The van der Waals surface area contributed by atoms with Crippen molar-refractivity contribution in [3.8, 4) is 0 Å². The molecule has 15 heteroatoms. The van der Waals surface area contributed by atoms with E-state index in [0.717, 1.165) is 17.1 Å². The molecule has 0 aliphatic carbocycles. The van der Waals surface area contributed by atoms with Gasteiger partial charge in [-0.05, 0) is 0 Å². The Morgan fingerprint density at radius 3 is 2.59 bits per heavy atom. The van der Waals surface area contributed by atoms with Crippen LogP contribution in [-0.2, 0) is 21.9 Å². The highest BCUT2D eigenvalue weighted by molar-refractivity contribution is 7.90. The number of amides is 1. The Balaban J connectivity index is 1.82. The lowest BCUT2D eigenvalue weighted by Crippen LogP contribution is -3.12. The Morgan fingerprint density at radius 2 is 2.04 bits per heavy atom. The topological polar surface area (TPSA) is 101 Å². The molecule has 0 aromatic carbocycles. The first-order valence-corrected chi connectivity index (χ1v) is 9.26. The maximum Gasteiger partial charge on any atom is 0.488 e. The monoisotopic (exact) mass is 445 g/mol. The second-order valence-corrected chi connectivity index (χ2v) is 7.90. The van der Waals surface area contributed by atoms with Crippen molar-refractivity contribution in [2.45, 2.75) is 11.2 Å². The van der Waals surface area contributed by atoms with E-state index in [1.165, 1.54) is 7.05 Å². The highest BCUT2D eigenvalue weighted by Crippen LogP contribution is 2.25. The fourth-order valence-electron chi connectivity index (χ4n) is 2.34. The molecular formula is C12H10Cl2F3N6O3S+. The quantitative estimate of drug-likeness (QED) is 0.632. The molecule has 0 radical (unpaired) electrons. The normalized spacial score (nSPS) is 20.0. The van der Waals surface area contributed by atoms with Crippen LogP contribution >= 0.6 is 23.2 Å². The number of sulfonamides is 1. The van der Waals surface area contributed by atoms with Gasteiger partial charge >= 0.3 is 6.30 Å². The van der Waals surface area contributed by atoms with Crippen LogP contribution in [0.15, 0.2) is 39.2 Å². The second kappa shape index (κ2) is 6.51. The molecule has 0 saturated heterocycles. The lowest BCUT2D eigenvalue weighted by atomic mass is 10.4. The van der Waals surface area contributed by atoms with Gasteiger partial charge < -0.3 is 0 Å². The molecule has 3 heterocycles. The van der Waals surface area contributed by atoms with Gasteiger partial charge in [-0.15, -0.1) is 13.2 Å². The summed E-state index contributed by atoms with van der Waals surface area (Å²) in [5.74, 6) is -1.17. The Morgan fingerprint density at radius 1 is 1.37 bits per heavy atom. The van der Waals surface area contributed by atoms with E-state index in [2.05, 4.69) is 10.1 Å². The van der Waals surface area contributed by atoms with Crippen molar-refractivity contribution in [2.75, 3.05) is 6.67 Å².